The maximum absolute atomic E-state index is 12.0. The van der Waals surface area contributed by atoms with Crippen LogP contribution < -0.4 is 5.32 Å². The fourth-order valence-electron chi connectivity index (χ4n) is 1.49. The van der Waals surface area contributed by atoms with Crippen molar-refractivity contribution < 1.29 is 23.1 Å². The highest BCUT2D eigenvalue weighted by Crippen LogP contribution is 2.17. The average molecular weight is 321 g/mol. The lowest BCUT2D eigenvalue weighted by Crippen LogP contribution is -2.44. The van der Waals surface area contributed by atoms with Crippen LogP contribution in [0.4, 0.5) is 0 Å². The molecule has 0 saturated heterocycles. The van der Waals surface area contributed by atoms with Gasteiger partial charge in [0.15, 0.2) is 9.84 Å². The van der Waals surface area contributed by atoms with Crippen LogP contribution in [-0.2, 0) is 25.2 Å². The molecule has 0 aliphatic rings. The summed E-state index contributed by atoms with van der Waals surface area (Å²) in [5.41, 5.74) is 0.327. The Bertz CT molecular complexity index is 617. The number of nitrogens with one attached hydrogen (secondary N) is 1. The Morgan fingerprint density at radius 3 is 2.65 bits per heavy atom. The number of carbonyl (C=O) groups excluding carboxylic acids is 1. The lowest BCUT2D eigenvalue weighted by molar-refractivity contribution is -0.140. The Hall–Kier alpha value is -1.67. The first-order chi connectivity index (χ1) is 9.21. The molecule has 0 spiro atoms. The fourth-order valence-corrected chi connectivity index (χ4v) is 3.33. The van der Waals surface area contributed by atoms with Crippen LogP contribution in [0.1, 0.15) is 12.5 Å². The largest absolute Gasteiger partial charge is 0.480 e. The van der Waals surface area contributed by atoms with Crippen LogP contribution in [0.5, 0.6) is 0 Å². The van der Waals surface area contributed by atoms with E-state index < -0.39 is 39.3 Å². The van der Waals surface area contributed by atoms with E-state index in [1.54, 1.807) is 0 Å². The maximum Gasteiger partial charge on any atom is 0.327 e. The zero-order valence-corrected chi connectivity index (χ0v) is 12.1. The first-order valence-electron chi connectivity index (χ1n) is 5.50. The number of carboxylic acids is 1. The minimum atomic E-state index is -3.75. The molecule has 2 N–H and O–H groups in total. The zero-order chi connectivity index (χ0) is 15.3. The predicted molar refractivity (Wildman–Crippen MR) is 72.0 cm³/mol. The second-order valence-electron chi connectivity index (χ2n) is 4.11. The molecule has 1 aromatic heterocycles. The molecule has 7 nitrogen and oxygen atoms in total. The molecule has 0 radical (unpaired) electrons. The molecule has 1 rings (SSSR count). The van der Waals surface area contributed by atoms with E-state index in [1.165, 1.54) is 18.5 Å². The molecule has 0 aliphatic carbocycles. The average Bonchev–Trinajstić information content (AvgIpc) is 2.30. The number of nitrogens with zero attached hydrogens (tertiary/aromatic N) is 1. The molecule has 0 fully saturated rings. The number of carbonyl (C=O) groups is 2. The summed E-state index contributed by atoms with van der Waals surface area (Å²) in [6, 6.07) is -0.0493. The Morgan fingerprint density at radius 1 is 1.50 bits per heavy atom. The second kappa shape index (κ2) is 6.67. The van der Waals surface area contributed by atoms with Crippen LogP contribution in [0.3, 0.4) is 0 Å². The van der Waals surface area contributed by atoms with E-state index >= 15 is 0 Å². The molecular weight excluding hydrogens is 308 g/mol. The topological polar surface area (TPSA) is 113 Å². The smallest absolute Gasteiger partial charge is 0.327 e. The van der Waals surface area contributed by atoms with Crippen LogP contribution in [0.15, 0.2) is 18.5 Å². The number of hydrogen-bond acceptors (Lipinski definition) is 5. The van der Waals surface area contributed by atoms with Gasteiger partial charge in [-0.3, -0.25) is 9.78 Å². The van der Waals surface area contributed by atoms with E-state index in [2.05, 4.69) is 10.3 Å². The maximum atomic E-state index is 12.0. The van der Waals surface area contributed by atoms with Gasteiger partial charge in [0, 0.05) is 19.3 Å². The predicted octanol–water partition coefficient (Wildman–Crippen LogP) is 0.239. The van der Waals surface area contributed by atoms with Gasteiger partial charge >= 0.3 is 5.97 Å². The number of sulfone groups is 1. The highest BCUT2D eigenvalue weighted by Gasteiger charge is 2.26. The number of rotatable bonds is 6. The van der Waals surface area contributed by atoms with E-state index in [1.807, 2.05) is 0 Å². The van der Waals surface area contributed by atoms with Crippen LogP contribution in [0.2, 0.25) is 5.02 Å². The van der Waals surface area contributed by atoms with Crippen molar-refractivity contribution in [2.24, 2.45) is 0 Å². The lowest BCUT2D eigenvalue weighted by atomic mass is 10.3. The van der Waals surface area contributed by atoms with E-state index in [-0.39, 0.29) is 5.02 Å². The number of carboxylic acid groups (broad SMARTS) is 1. The Morgan fingerprint density at radius 2 is 2.15 bits per heavy atom. The molecule has 1 aromatic rings. The van der Waals surface area contributed by atoms with Gasteiger partial charge in [0.05, 0.1) is 16.5 Å². The van der Waals surface area contributed by atoms with Crippen molar-refractivity contribution in [3.8, 4) is 0 Å². The quantitative estimate of drug-likeness (QED) is 0.776. The highest BCUT2D eigenvalue weighted by molar-refractivity contribution is 7.90. The third kappa shape index (κ3) is 5.14. The molecule has 1 heterocycles. The van der Waals surface area contributed by atoms with Crippen LogP contribution in [0.25, 0.3) is 0 Å². The number of hydrogen-bond donors (Lipinski definition) is 2. The summed E-state index contributed by atoms with van der Waals surface area (Å²) in [5, 5.41) is 11.1. The third-order valence-electron chi connectivity index (χ3n) is 2.33. The van der Waals surface area contributed by atoms with Crippen molar-refractivity contribution in [1.29, 1.82) is 0 Å². The molecule has 0 saturated carbocycles. The molecule has 9 heteroatoms. The molecule has 0 aromatic carbocycles. The van der Waals surface area contributed by atoms with Gasteiger partial charge in [-0.05, 0) is 11.6 Å². The summed E-state index contributed by atoms with van der Waals surface area (Å²) in [4.78, 5) is 25.5. The van der Waals surface area contributed by atoms with Gasteiger partial charge in [-0.25, -0.2) is 13.2 Å². The van der Waals surface area contributed by atoms with Crippen molar-refractivity contribution in [3.05, 3.63) is 29.0 Å². The van der Waals surface area contributed by atoms with Crippen molar-refractivity contribution in [1.82, 2.24) is 10.3 Å². The van der Waals surface area contributed by atoms with Crippen LogP contribution in [-0.4, -0.2) is 42.2 Å². The minimum absolute atomic E-state index is 0.183. The van der Waals surface area contributed by atoms with Crippen molar-refractivity contribution in [2.45, 2.75) is 18.7 Å². The number of aliphatic carboxylic acids is 1. The van der Waals surface area contributed by atoms with Crippen LogP contribution >= 0.6 is 11.6 Å². The summed E-state index contributed by atoms with van der Waals surface area (Å²) in [6.45, 7) is 1.11. The minimum Gasteiger partial charge on any atom is -0.480 e. The van der Waals surface area contributed by atoms with Crippen LogP contribution in [0, 0.1) is 0 Å². The number of amides is 1. The number of aromatic nitrogens is 1. The summed E-state index contributed by atoms with van der Waals surface area (Å²) in [7, 11) is -3.75. The Labute approximate surface area is 120 Å². The van der Waals surface area contributed by atoms with Crippen molar-refractivity contribution in [3.63, 3.8) is 0 Å². The van der Waals surface area contributed by atoms with E-state index in [0.29, 0.717) is 5.56 Å². The summed E-state index contributed by atoms with van der Waals surface area (Å²) in [6.07, 6.45) is 2.69. The van der Waals surface area contributed by atoms with E-state index in [0.717, 1.165) is 6.92 Å². The Balaban J connectivity index is 2.86. The molecule has 20 heavy (non-hydrogen) atoms. The summed E-state index contributed by atoms with van der Waals surface area (Å²) in [5.74, 6) is -3.16. The fraction of sp³-hybridized carbons (Fsp3) is 0.364. The van der Waals surface area contributed by atoms with Gasteiger partial charge in [-0.2, -0.15) is 0 Å². The van der Waals surface area contributed by atoms with E-state index in [4.69, 9.17) is 16.7 Å². The van der Waals surface area contributed by atoms with Gasteiger partial charge in [-0.1, -0.05) is 11.6 Å². The SMILES string of the molecule is CC(=O)NC(CS(=O)(=O)Cc1ccncc1Cl)C(=O)O. The molecule has 0 bridgehead atoms. The highest BCUT2D eigenvalue weighted by atomic mass is 35.5. The van der Waals surface area contributed by atoms with Gasteiger partial charge in [0.25, 0.3) is 0 Å². The number of halogens is 1. The van der Waals surface area contributed by atoms with Gasteiger partial charge < -0.3 is 10.4 Å². The number of pyridine rings is 1. The van der Waals surface area contributed by atoms with Gasteiger partial charge in [-0.15, -0.1) is 0 Å². The molecular formula is C11H13ClN2O5S. The first kappa shape index (κ1) is 16.4. The molecule has 1 amide bonds. The molecule has 1 unspecified atom stereocenters. The monoisotopic (exact) mass is 320 g/mol. The molecule has 110 valence electrons. The first-order valence-corrected chi connectivity index (χ1v) is 7.70. The van der Waals surface area contributed by atoms with Gasteiger partial charge in [0.2, 0.25) is 5.91 Å². The molecule has 0 aliphatic heterocycles. The molecule has 1 atom stereocenters. The summed E-state index contributed by atoms with van der Waals surface area (Å²) < 4.78 is 23.9. The van der Waals surface area contributed by atoms with E-state index in [9.17, 15) is 18.0 Å². The summed E-state index contributed by atoms with van der Waals surface area (Å²) >= 11 is 5.80. The Kier molecular flexibility index (Phi) is 5.46. The van der Waals surface area contributed by atoms with Crippen molar-refractivity contribution in [2.75, 3.05) is 5.75 Å². The zero-order valence-electron chi connectivity index (χ0n) is 10.5. The third-order valence-corrected chi connectivity index (χ3v) is 4.26. The second-order valence-corrected chi connectivity index (χ2v) is 6.63. The standard InChI is InChI=1S/C11H13ClN2O5S/c1-7(15)14-10(11(16)17)6-20(18,19)5-8-2-3-13-4-9(8)12/h2-4,10H,5-6H2,1H3,(H,14,15)(H,16,17). The van der Waals surface area contributed by atoms with Gasteiger partial charge in [0.1, 0.15) is 6.04 Å². The normalized spacial score (nSPS) is 12.7. The van der Waals surface area contributed by atoms with Crippen molar-refractivity contribution >= 4 is 33.3 Å². The lowest BCUT2D eigenvalue weighted by Gasteiger charge is -2.13.